The maximum atomic E-state index is 12.6. The van der Waals surface area contributed by atoms with Crippen LogP contribution in [0.25, 0.3) is 10.1 Å². The minimum atomic E-state index is -0.253. The summed E-state index contributed by atoms with van der Waals surface area (Å²) >= 11 is 21.2. The van der Waals surface area contributed by atoms with Gasteiger partial charge in [-0.25, -0.2) is 4.98 Å². The number of nitrogens with zero attached hydrogens (tertiary/aromatic N) is 1. The molecule has 1 N–H and O–H groups in total. The molecule has 3 nitrogen and oxygen atoms in total. The summed E-state index contributed by atoms with van der Waals surface area (Å²) in [6.45, 7) is 0. The third-order valence-electron chi connectivity index (χ3n) is 3.88. The van der Waals surface area contributed by atoms with Crippen molar-refractivity contribution < 1.29 is 4.79 Å². The number of rotatable bonds is 4. The first kappa shape index (κ1) is 18.7. The lowest BCUT2D eigenvalue weighted by molar-refractivity contribution is 0.103. The van der Waals surface area contributed by atoms with Crippen molar-refractivity contribution in [1.29, 1.82) is 0 Å². The molecule has 0 fully saturated rings. The summed E-state index contributed by atoms with van der Waals surface area (Å²) in [5, 5.41) is 5.77. The predicted molar refractivity (Wildman–Crippen MR) is 116 cm³/mol. The van der Waals surface area contributed by atoms with Crippen LogP contribution in [0.4, 0.5) is 5.13 Å². The predicted octanol–water partition coefficient (Wildman–Crippen LogP) is 7.16. The fraction of sp³-hybridized carbons (Fsp3) is 0.0526. The molecule has 0 radical (unpaired) electrons. The second-order valence-electron chi connectivity index (χ2n) is 5.75. The Morgan fingerprint density at radius 1 is 1.04 bits per heavy atom. The summed E-state index contributed by atoms with van der Waals surface area (Å²) in [7, 11) is 0. The highest BCUT2D eigenvalue weighted by Crippen LogP contribution is 2.36. The van der Waals surface area contributed by atoms with Crippen LogP contribution < -0.4 is 5.32 Å². The van der Waals surface area contributed by atoms with E-state index in [0.29, 0.717) is 31.5 Å². The third kappa shape index (κ3) is 3.98. The third-order valence-corrected chi connectivity index (χ3v) is 7.20. The molecule has 2 aromatic heterocycles. The Kier molecular flexibility index (Phi) is 5.39. The number of hydrogen-bond donors (Lipinski definition) is 1. The van der Waals surface area contributed by atoms with E-state index < -0.39 is 0 Å². The topological polar surface area (TPSA) is 42.0 Å². The molecule has 0 unspecified atom stereocenters. The number of anilines is 1. The Morgan fingerprint density at radius 3 is 2.63 bits per heavy atom. The van der Waals surface area contributed by atoms with E-state index in [-0.39, 0.29) is 5.91 Å². The number of halogens is 3. The number of thiazole rings is 1. The van der Waals surface area contributed by atoms with Crippen molar-refractivity contribution in [3.63, 3.8) is 0 Å². The van der Waals surface area contributed by atoms with Crippen molar-refractivity contribution in [3.05, 3.63) is 79.0 Å². The van der Waals surface area contributed by atoms with Crippen LogP contribution in [0.1, 0.15) is 20.1 Å². The number of thiophene rings is 1. The van der Waals surface area contributed by atoms with Gasteiger partial charge in [0.25, 0.3) is 5.91 Å². The summed E-state index contributed by atoms with van der Waals surface area (Å²) in [6.07, 6.45) is 2.41. The van der Waals surface area contributed by atoms with Crippen molar-refractivity contribution >= 4 is 78.6 Å². The molecule has 0 bridgehead atoms. The summed E-state index contributed by atoms with van der Waals surface area (Å²) in [5.74, 6) is -0.253. The van der Waals surface area contributed by atoms with Gasteiger partial charge in [0.1, 0.15) is 4.88 Å². The number of hydrogen-bond acceptors (Lipinski definition) is 4. The Bertz CT molecular complexity index is 1150. The van der Waals surface area contributed by atoms with Crippen LogP contribution in [0.3, 0.4) is 0 Å². The van der Waals surface area contributed by atoms with Gasteiger partial charge in [-0.15, -0.1) is 22.7 Å². The van der Waals surface area contributed by atoms with Crippen LogP contribution in [-0.4, -0.2) is 10.9 Å². The summed E-state index contributed by atoms with van der Waals surface area (Å²) in [6, 6.07) is 13.2. The maximum Gasteiger partial charge on any atom is 0.269 e. The molecule has 0 saturated carbocycles. The molecule has 0 spiro atoms. The number of fused-ring (bicyclic) bond motifs is 1. The largest absolute Gasteiger partial charge is 0.297 e. The summed E-state index contributed by atoms with van der Waals surface area (Å²) in [4.78, 5) is 18.4. The van der Waals surface area contributed by atoms with E-state index in [9.17, 15) is 4.79 Å². The lowest BCUT2D eigenvalue weighted by Crippen LogP contribution is -2.10. The molecule has 0 atom stereocenters. The Morgan fingerprint density at radius 2 is 1.85 bits per heavy atom. The van der Waals surface area contributed by atoms with Crippen molar-refractivity contribution in [2.24, 2.45) is 0 Å². The van der Waals surface area contributed by atoms with Gasteiger partial charge in [0.15, 0.2) is 5.13 Å². The number of amides is 1. The SMILES string of the molecule is O=C(Nc1ncc(Cc2ccc(Cl)c(Cl)c2)s1)c1sc2ccccc2c1Cl. The molecule has 4 aromatic rings. The molecular weight excluding hydrogens is 443 g/mol. The van der Waals surface area contributed by atoms with E-state index in [1.54, 1.807) is 12.3 Å². The zero-order valence-electron chi connectivity index (χ0n) is 13.6. The highest BCUT2D eigenvalue weighted by atomic mass is 35.5. The molecule has 0 aliphatic heterocycles. The number of benzene rings is 2. The van der Waals surface area contributed by atoms with Gasteiger partial charge in [-0.2, -0.15) is 0 Å². The molecule has 8 heteroatoms. The highest BCUT2D eigenvalue weighted by Gasteiger charge is 2.18. The Labute approximate surface area is 178 Å². The molecule has 136 valence electrons. The molecule has 4 rings (SSSR count). The van der Waals surface area contributed by atoms with Crippen LogP contribution in [0.2, 0.25) is 15.1 Å². The Hall–Kier alpha value is -1.63. The summed E-state index contributed by atoms with van der Waals surface area (Å²) in [5.41, 5.74) is 1.03. The van der Waals surface area contributed by atoms with Crippen LogP contribution in [-0.2, 0) is 6.42 Å². The van der Waals surface area contributed by atoms with Gasteiger partial charge in [0, 0.05) is 27.6 Å². The van der Waals surface area contributed by atoms with Gasteiger partial charge in [-0.1, -0.05) is 59.1 Å². The number of carbonyl (C=O) groups excluding carboxylic acids is 1. The van der Waals surface area contributed by atoms with E-state index in [1.165, 1.54) is 22.7 Å². The molecule has 2 heterocycles. The molecule has 2 aromatic carbocycles. The van der Waals surface area contributed by atoms with Crippen LogP contribution in [0.5, 0.6) is 0 Å². The van der Waals surface area contributed by atoms with E-state index in [4.69, 9.17) is 34.8 Å². The van der Waals surface area contributed by atoms with Gasteiger partial charge in [0.2, 0.25) is 0 Å². The maximum absolute atomic E-state index is 12.6. The lowest BCUT2D eigenvalue weighted by Gasteiger charge is -2.01. The zero-order chi connectivity index (χ0) is 19.0. The van der Waals surface area contributed by atoms with Crippen molar-refractivity contribution in [2.75, 3.05) is 5.32 Å². The standard InChI is InChI=1S/C19H11Cl3N2OS2/c20-13-6-5-10(8-14(13)21)7-11-9-23-19(26-11)24-18(25)17-16(22)12-3-1-2-4-15(12)27-17/h1-6,8-9H,7H2,(H,23,24,25). The first-order valence-corrected chi connectivity index (χ1v) is 10.6. The van der Waals surface area contributed by atoms with Crippen LogP contribution in [0.15, 0.2) is 48.7 Å². The molecule has 0 aliphatic carbocycles. The minimum Gasteiger partial charge on any atom is -0.297 e. The minimum absolute atomic E-state index is 0.253. The van der Waals surface area contributed by atoms with E-state index >= 15 is 0 Å². The molecule has 0 aliphatic rings. The smallest absolute Gasteiger partial charge is 0.269 e. The Balaban J connectivity index is 1.50. The fourth-order valence-electron chi connectivity index (χ4n) is 2.61. The monoisotopic (exact) mass is 452 g/mol. The highest BCUT2D eigenvalue weighted by molar-refractivity contribution is 7.22. The van der Waals surface area contributed by atoms with E-state index in [2.05, 4.69) is 10.3 Å². The molecule has 27 heavy (non-hydrogen) atoms. The second-order valence-corrected chi connectivity index (χ2v) is 9.11. The fourth-order valence-corrected chi connectivity index (χ4v) is 5.19. The zero-order valence-corrected chi connectivity index (χ0v) is 17.5. The number of nitrogens with one attached hydrogen (secondary N) is 1. The van der Waals surface area contributed by atoms with Gasteiger partial charge in [-0.3, -0.25) is 10.1 Å². The van der Waals surface area contributed by atoms with Crippen LogP contribution in [0, 0.1) is 0 Å². The van der Waals surface area contributed by atoms with Crippen molar-refractivity contribution in [2.45, 2.75) is 6.42 Å². The van der Waals surface area contributed by atoms with Crippen LogP contribution >= 0.6 is 57.5 Å². The lowest BCUT2D eigenvalue weighted by atomic mass is 10.1. The average molecular weight is 454 g/mol. The number of aromatic nitrogens is 1. The average Bonchev–Trinajstić information content (AvgIpc) is 3.23. The van der Waals surface area contributed by atoms with Gasteiger partial charge in [0.05, 0.1) is 15.1 Å². The molecular formula is C19H11Cl3N2OS2. The number of carbonyl (C=O) groups is 1. The molecule has 1 amide bonds. The van der Waals surface area contributed by atoms with Gasteiger partial charge in [-0.05, 0) is 23.8 Å². The first-order valence-electron chi connectivity index (χ1n) is 7.88. The van der Waals surface area contributed by atoms with Crippen molar-refractivity contribution in [3.8, 4) is 0 Å². The van der Waals surface area contributed by atoms with E-state index in [0.717, 1.165) is 20.5 Å². The quantitative estimate of drug-likeness (QED) is 0.356. The van der Waals surface area contributed by atoms with Gasteiger partial charge >= 0.3 is 0 Å². The van der Waals surface area contributed by atoms with E-state index in [1.807, 2.05) is 36.4 Å². The normalized spacial score (nSPS) is 11.1. The van der Waals surface area contributed by atoms with Gasteiger partial charge < -0.3 is 0 Å². The summed E-state index contributed by atoms with van der Waals surface area (Å²) < 4.78 is 0.979. The first-order chi connectivity index (χ1) is 13.0. The molecule has 0 saturated heterocycles. The second kappa shape index (κ2) is 7.78. The van der Waals surface area contributed by atoms with Crippen molar-refractivity contribution in [1.82, 2.24) is 4.98 Å².